The van der Waals surface area contributed by atoms with Gasteiger partial charge in [0.1, 0.15) is 6.04 Å². The van der Waals surface area contributed by atoms with Gasteiger partial charge in [-0.05, 0) is 61.9 Å². The number of benzene rings is 2. The Labute approximate surface area is 220 Å². The number of anilines is 1. The summed E-state index contributed by atoms with van der Waals surface area (Å²) in [6.45, 7) is 10.4. The topological polar surface area (TPSA) is 86.8 Å². The van der Waals surface area contributed by atoms with Gasteiger partial charge >= 0.3 is 0 Å². The smallest absolute Gasteiger partial charge is 0.242 e. The van der Waals surface area contributed by atoms with Crippen molar-refractivity contribution in [3.8, 4) is 0 Å². The van der Waals surface area contributed by atoms with Crippen LogP contribution in [0.1, 0.15) is 50.3 Å². The van der Waals surface area contributed by atoms with Gasteiger partial charge in [0.2, 0.25) is 21.8 Å². The molecule has 2 aromatic carbocycles. The molecular formula is C27H38ClN3O4S. The standard InChI is InChI=1S/C27H38ClN3O4S/c1-19(2)17-29-27(33)22(5)30(18-23-12-8-7-11-20(23)3)26(32)15-10-16-31(36(6,34)35)25-14-9-13-24(28)21(25)4/h7-9,11-14,19,22H,10,15-18H2,1-6H3,(H,29,33). The number of hydrogen-bond acceptors (Lipinski definition) is 4. The Balaban J connectivity index is 2.21. The van der Waals surface area contributed by atoms with Crippen molar-refractivity contribution in [2.24, 2.45) is 5.92 Å². The number of carbonyl (C=O) groups is 2. The Kier molecular flexibility index (Phi) is 10.8. The first-order valence-corrected chi connectivity index (χ1v) is 14.4. The molecule has 0 heterocycles. The number of halogens is 1. The molecule has 0 aromatic heterocycles. The third-order valence-corrected chi connectivity index (χ3v) is 7.70. The first-order chi connectivity index (χ1) is 16.8. The average molecular weight is 536 g/mol. The van der Waals surface area contributed by atoms with Gasteiger partial charge in [-0.15, -0.1) is 0 Å². The Hall–Kier alpha value is -2.58. The van der Waals surface area contributed by atoms with Crippen molar-refractivity contribution in [3.63, 3.8) is 0 Å². The van der Waals surface area contributed by atoms with Crippen molar-refractivity contribution in [3.05, 3.63) is 64.2 Å². The van der Waals surface area contributed by atoms with E-state index in [0.29, 0.717) is 41.7 Å². The largest absolute Gasteiger partial charge is 0.354 e. The quantitative estimate of drug-likeness (QED) is 0.427. The van der Waals surface area contributed by atoms with E-state index in [1.165, 1.54) is 4.31 Å². The number of aryl methyl sites for hydroxylation is 1. The molecule has 36 heavy (non-hydrogen) atoms. The summed E-state index contributed by atoms with van der Waals surface area (Å²) in [6.07, 6.45) is 1.53. The molecule has 9 heteroatoms. The number of rotatable bonds is 12. The van der Waals surface area contributed by atoms with Gasteiger partial charge < -0.3 is 10.2 Å². The summed E-state index contributed by atoms with van der Waals surface area (Å²) in [5.41, 5.74) is 3.15. The van der Waals surface area contributed by atoms with Crippen LogP contribution in [0.5, 0.6) is 0 Å². The molecular weight excluding hydrogens is 498 g/mol. The van der Waals surface area contributed by atoms with Crippen LogP contribution in [0.25, 0.3) is 0 Å². The number of hydrogen-bond donors (Lipinski definition) is 1. The summed E-state index contributed by atoms with van der Waals surface area (Å²) in [5.74, 6) is -0.127. The Morgan fingerprint density at radius 2 is 1.69 bits per heavy atom. The third kappa shape index (κ3) is 8.23. The van der Waals surface area contributed by atoms with E-state index in [1.807, 2.05) is 45.0 Å². The minimum atomic E-state index is -3.59. The fourth-order valence-electron chi connectivity index (χ4n) is 3.85. The molecule has 1 unspecified atom stereocenters. The van der Waals surface area contributed by atoms with E-state index in [9.17, 15) is 18.0 Å². The first kappa shape index (κ1) is 29.6. The zero-order chi connectivity index (χ0) is 27.0. The second-order valence-corrected chi connectivity index (χ2v) is 11.9. The van der Waals surface area contributed by atoms with Crippen LogP contribution in [-0.2, 0) is 26.2 Å². The van der Waals surface area contributed by atoms with Crippen molar-refractivity contribution in [2.75, 3.05) is 23.7 Å². The third-order valence-electron chi connectivity index (χ3n) is 6.11. The Bertz CT molecular complexity index is 1170. The van der Waals surface area contributed by atoms with Crippen molar-refractivity contribution in [1.29, 1.82) is 0 Å². The van der Waals surface area contributed by atoms with Crippen molar-refractivity contribution in [2.45, 2.75) is 60.0 Å². The van der Waals surface area contributed by atoms with Crippen molar-refractivity contribution < 1.29 is 18.0 Å². The second-order valence-electron chi connectivity index (χ2n) is 9.59. The molecule has 0 aliphatic carbocycles. The lowest BCUT2D eigenvalue weighted by Gasteiger charge is -2.30. The summed E-state index contributed by atoms with van der Waals surface area (Å²) in [5, 5.41) is 3.39. The molecule has 1 N–H and O–H groups in total. The SMILES string of the molecule is Cc1ccccc1CN(C(=O)CCCN(c1cccc(Cl)c1C)S(C)(=O)=O)C(C)C(=O)NCC(C)C. The number of sulfonamides is 1. The van der Waals surface area contributed by atoms with E-state index in [0.717, 1.165) is 17.4 Å². The maximum absolute atomic E-state index is 13.4. The Morgan fingerprint density at radius 3 is 2.31 bits per heavy atom. The van der Waals surface area contributed by atoms with Gasteiger partial charge in [0.15, 0.2) is 0 Å². The molecule has 1 atom stereocenters. The van der Waals surface area contributed by atoms with Crippen LogP contribution in [-0.4, -0.2) is 50.5 Å². The molecule has 0 spiro atoms. The van der Waals surface area contributed by atoms with E-state index < -0.39 is 16.1 Å². The molecule has 0 aliphatic heterocycles. The fraction of sp³-hybridized carbons (Fsp3) is 0.481. The van der Waals surface area contributed by atoms with Gasteiger partial charge in [-0.25, -0.2) is 8.42 Å². The predicted octanol–water partition coefficient (Wildman–Crippen LogP) is 4.69. The maximum Gasteiger partial charge on any atom is 0.242 e. The van der Waals surface area contributed by atoms with Crippen LogP contribution in [0.4, 0.5) is 5.69 Å². The zero-order valence-corrected chi connectivity index (χ0v) is 23.6. The zero-order valence-electron chi connectivity index (χ0n) is 22.0. The molecule has 2 aromatic rings. The highest BCUT2D eigenvalue weighted by molar-refractivity contribution is 7.92. The minimum Gasteiger partial charge on any atom is -0.354 e. The molecule has 198 valence electrons. The van der Waals surface area contributed by atoms with E-state index in [4.69, 9.17) is 11.6 Å². The summed E-state index contributed by atoms with van der Waals surface area (Å²) in [6, 6.07) is 12.2. The van der Waals surface area contributed by atoms with Crippen LogP contribution < -0.4 is 9.62 Å². The lowest BCUT2D eigenvalue weighted by molar-refractivity contribution is -0.140. The van der Waals surface area contributed by atoms with Crippen LogP contribution in [0, 0.1) is 19.8 Å². The molecule has 0 aliphatic rings. The van der Waals surface area contributed by atoms with E-state index in [1.54, 1.807) is 36.9 Å². The summed E-state index contributed by atoms with van der Waals surface area (Å²) < 4.78 is 26.4. The summed E-state index contributed by atoms with van der Waals surface area (Å²) >= 11 is 6.21. The van der Waals surface area contributed by atoms with Crippen molar-refractivity contribution >= 4 is 39.1 Å². The first-order valence-electron chi connectivity index (χ1n) is 12.2. The summed E-state index contributed by atoms with van der Waals surface area (Å²) in [4.78, 5) is 27.8. The maximum atomic E-state index is 13.4. The van der Waals surface area contributed by atoms with Gasteiger partial charge in [-0.1, -0.05) is 55.8 Å². The average Bonchev–Trinajstić information content (AvgIpc) is 2.80. The Morgan fingerprint density at radius 1 is 1.03 bits per heavy atom. The monoisotopic (exact) mass is 535 g/mol. The van der Waals surface area contributed by atoms with Gasteiger partial charge in [0.05, 0.1) is 11.9 Å². The van der Waals surface area contributed by atoms with E-state index in [2.05, 4.69) is 5.32 Å². The number of nitrogens with zero attached hydrogens (tertiary/aromatic N) is 2. The number of carbonyl (C=O) groups excluding carboxylic acids is 2. The second kappa shape index (κ2) is 13.1. The van der Waals surface area contributed by atoms with Gasteiger partial charge in [0, 0.05) is 31.1 Å². The normalized spacial score (nSPS) is 12.3. The molecule has 2 amide bonds. The molecule has 0 radical (unpaired) electrons. The van der Waals surface area contributed by atoms with Crippen LogP contribution in [0.15, 0.2) is 42.5 Å². The fourth-order valence-corrected chi connectivity index (χ4v) is 5.04. The van der Waals surface area contributed by atoms with Crippen LogP contribution in [0.3, 0.4) is 0 Å². The van der Waals surface area contributed by atoms with Gasteiger partial charge in [0.25, 0.3) is 0 Å². The van der Waals surface area contributed by atoms with E-state index >= 15 is 0 Å². The number of amides is 2. The van der Waals surface area contributed by atoms with Crippen LogP contribution in [0.2, 0.25) is 5.02 Å². The highest BCUT2D eigenvalue weighted by Gasteiger charge is 2.27. The summed E-state index contributed by atoms with van der Waals surface area (Å²) in [7, 11) is -3.59. The molecule has 0 saturated heterocycles. The highest BCUT2D eigenvalue weighted by atomic mass is 35.5. The van der Waals surface area contributed by atoms with Crippen molar-refractivity contribution in [1.82, 2.24) is 10.2 Å². The van der Waals surface area contributed by atoms with Gasteiger partial charge in [-0.2, -0.15) is 0 Å². The molecule has 0 bridgehead atoms. The lowest BCUT2D eigenvalue weighted by atomic mass is 10.1. The lowest BCUT2D eigenvalue weighted by Crippen LogP contribution is -2.48. The minimum absolute atomic E-state index is 0.0965. The molecule has 0 saturated carbocycles. The molecule has 2 rings (SSSR count). The predicted molar refractivity (Wildman–Crippen MR) is 147 cm³/mol. The van der Waals surface area contributed by atoms with Gasteiger partial charge in [-0.3, -0.25) is 13.9 Å². The van der Waals surface area contributed by atoms with E-state index in [-0.39, 0.29) is 24.8 Å². The van der Waals surface area contributed by atoms with Crippen LogP contribution >= 0.6 is 11.6 Å². The highest BCUT2D eigenvalue weighted by Crippen LogP contribution is 2.28. The molecule has 7 nitrogen and oxygen atoms in total. The molecule has 0 fully saturated rings. The number of nitrogens with one attached hydrogen (secondary N) is 1.